The number of hydrogen-bond donors (Lipinski definition) is 3. The molecule has 0 saturated carbocycles. The van der Waals surface area contributed by atoms with E-state index in [9.17, 15) is 24.0 Å². The Labute approximate surface area is 148 Å². The third-order valence-electron chi connectivity index (χ3n) is 4.47. The quantitative estimate of drug-likeness (QED) is 0.493. The number of hydrogen-bond acceptors (Lipinski definition) is 6. The van der Waals surface area contributed by atoms with Gasteiger partial charge in [-0.3, -0.25) is 34.2 Å². The third-order valence-corrected chi connectivity index (χ3v) is 4.47. The normalized spacial score (nSPS) is 20.7. The molecule has 2 unspecified atom stereocenters. The maximum atomic E-state index is 12.9. The summed E-state index contributed by atoms with van der Waals surface area (Å²) in [6.07, 6.45) is -0.624. The van der Waals surface area contributed by atoms with Gasteiger partial charge >= 0.3 is 0 Å². The highest BCUT2D eigenvalue weighted by molar-refractivity contribution is 6.24. The Morgan fingerprint density at radius 2 is 2.04 bits per heavy atom. The van der Waals surface area contributed by atoms with Crippen molar-refractivity contribution in [3.63, 3.8) is 0 Å². The summed E-state index contributed by atoms with van der Waals surface area (Å²) < 4.78 is 0. The van der Waals surface area contributed by atoms with E-state index in [-0.39, 0.29) is 36.3 Å². The number of carbonyl (C=O) groups is 5. The second-order valence-corrected chi connectivity index (χ2v) is 6.12. The molecular weight excluding hydrogens is 340 g/mol. The Morgan fingerprint density at radius 1 is 1.31 bits per heavy atom. The molecule has 0 radical (unpaired) electrons. The first-order chi connectivity index (χ1) is 12.3. The summed E-state index contributed by atoms with van der Waals surface area (Å²) in [6.45, 7) is 1.66. The summed E-state index contributed by atoms with van der Waals surface area (Å²) in [5.41, 5.74) is 6.49. The SMILES string of the molecule is CCC(=O)NC(N)c1cccc2c1C(=O)N(C1CCC(=O)NC1=O)C2=O. The molecule has 0 aliphatic carbocycles. The van der Waals surface area contributed by atoms with Crippen molar-refractivity contribution in [3.05, 3.63) is 34.9 Å². The van der Waals surface area contributed by atoms with E-state index in [0.717, 1.165) is 4.90 Å². The second-order valence-electron chi connectivity index (χ2n) is 6.12. The number of carbonyl (C=O) groups excluding carboxylic acids is 5. The number of fused-ring (bicyclic) bond motifs is 1. The number of nitrogens with two attached hydrogens (primary N) is 1. The monoisotopic (exact) mass is 358 g/mol. The molecular formula is C17H18N4O5. The Morgan fingerprint density at radius 3 is 2.69 bits per heavy atom. The van der Waals surface area contributed by atoms with Gasteiger partial charge in [0.2, 0.25) is 17.7 Å². The van der Waals surface area contributed by atoms with Crippen molar-refractivity contribution in [3.8, 4) is 0 Å². The molecule has 0 aromatic heterocycles. The second kappa shape index (κ2) is 6.68. The maximum absolute atomic E-state index is 12.9. The zero-order chi connectivity index (χ0) is 19.0. The molecule has 2 heterocycles. The molecule has 2 aliphatic rings. The number of nitrogens with one attached hydrogen (secondary N) is 2. The number of amides is 5. The Kier molecular flexibility index (Phi) is 4.56. The lowest BCUT2D eigenvalue weighted by Crippen LogP contribution is -2.54. The fourth-order valence-corrected chi connectivity index (χ4v) is 3.15. The zero-order valence-electron chi connectivity index (χ0n) is 14.1. The number of rotatable bonds is 4. The molecule has 26 heavy (non-hydrogen) atoms. The van der Waals surface area contributed by atoms with Crippen LogP contribution in [0.4, 0.5) is 0 Å². The predicted octanol–water partition coefficient (Wildman–Crippen LogP) is -0.429. The van der Waals surface area contributed by atoms with Gasteiger partial charge in [-0.25, -0.2) is 0 Å². The minimum atomic E-state index is -1.05. The molecule has 2 atom stereocenters. The first-order valence-corrected chi connectivity index (χ1v) is 8.24. The lowest BCUT2D eigenvalue weighted by molar-refractivity contribution is -0.136. The van der Waals surface area contributed by atoms with E-state index in [1.54, 1.807) is 19.1 Å². The van der Waals surface area contributed by atoms with E-state index >= 15 is 0 Å². The van der Waals surface area contributed by atoms with Crippen molar-refractivity contribution in [1.82, 2.24) is 15.5 Å². The average molecular weight is 358 g/mol. The molecule has 0 spiro atoms. The standard InChI is InChI=1S/C17H18N4O5/c1-2-11(22)19-14(18)8-4-3-5-9-13(8)17(26)21(16(9)25)10-6-7-12(23)20-15(10)24/h3-5,10,14H,2,6-7,18H2,1H3,(H,19,22)(H,20,23,24). The Hall–Kier alpha value is -3.07. The van der Waals surface area contributed by atoms with Crippen LogP contribution >= 0.6 is 0 Å². The van der Waals surface area contributed by atoms with Gasteiger partial charge in [-0.1, -0.05) is 19.1 Å². The molecule has 9 heteroatoms. The largest absolute Gasteiger partial charge is 0.337 e. The van der Waals surface area contributed by atoms with Crippen molar-refractivity contribution >= 4 is 29.5 Å². The van der Waals surface area contributed by atoms with Crippen LogP contribution in [0.1, 0.15) is 58.6 Å². The average Bonchev–Trinajstić information content (AvgIpc) is 2.86. The van der Waals surface area contributed by atoms with E-state index in [1.807, 2.05) is 0 Å². The van der Waals surface area contributed by atoms with E-state index < -0.39 is 35.8 Å². The first-order valence-electron chi connectivity index (χ1n) is 8.24. The number of benzene rings is 1. The topological polar surface area (TPSA) is 139 Å². The van der Waals surface area contributed by atoms with Gasteiger partial charge in [-0.2, -0.15) is 0 Å². The minimum absolute atomic E-state index is 0.0444. The van der Waals surface area contributed by atoms with E-state index in [4.69, 9.17) is 5.73 Å². The van der Waals surface area contributed by atoms with Gasteiger partial charge in [0, 0.05) is 18.4 Å². The lowest BCUT2D eigenvalue weighted by atomic mass is 10.0. The molecule has 5 amide bonds. The molecule has 136 valence electrons. The van der Waals surface area contributed by atoms with Crippen LogP contribution in [0.25, 0.3) is 0 Å². The van der Waals surface area contributed by atoms with Crippen molar-refractivity contribution in [1.29, 1.82) is 0 Å². The van der Waals surface area contributed by atoms with Crippen LogP contribution in [0.5, 0.6) is 0 Å². The summed E-state index contributed by atoms with van der Waals surface area (Å²) in [5.74, 6) is -2.69. The number of nitrogens with zero attached hydrogens (tertiary/aromatic N) is 1. The summed E-state index contributed by atoms with van der Waals surface area (Å²) in [6, 6.07) is 3.54. The highest BCUT2D eigenvalue weighted by Crippen LogP contribution is 2.31. The molecule has 4 N–H and O–H groups in total. The van der Waals surface area contributed by atoms with E-state index in [2.05, 4.69) is 10.6 Å². The molecule has 1 aromatic rings. The highest BCUT2D eigenvalue weighted by atomic mass is 16.2. The highest BCUT2D eigenvalue weighted by Gasteiger charge is 2.45. The van der Waals surface area contributed by atoms with Crippen LogP contribution in [0.2, 0.25) is 0 Å². The first kappa shape index (κ1) is 17.7. The fraction of sp³-hybridized carbons (Fsp3) is 0.353. The Bertz CT molecular complexity index is 834. The van der Waals surface area contributed by atoms with Gasteiger partial charge in [0.1, 0.15) is 12.2 Å². The van der Waals surface area contributed by atoms with Crippen molar-refractivity contribution in [2.45, 2.75) is 38.4 Å². The summed E-state index contributed by atoms with van der Waals surface area (Å²) in [4.78, 5) is 61.4. The molecule has 1 aromatic carbocycles. The van der Waals surface area contributed by atoms with Crippen molar-refractivity contribution < 1.29 is 24.0 Å². The minimum Gasteiger partial charge on any atom is -0.337 e. The molecule has 0 bridgehead atoms. The number of piperidine rings is 1. The number of imide groups is 2. The van der Waals surface area contributed by atoms with E-state index in [1.165, 1.54) is 6.07 Å². The summed E-state index contributed by atoms with van der Waals surface area (Å²) >= 11 is 0. The summed E-state index contributed by atoms with van der Waals surface area (Å²) in [5, 5.41) is 4.69. The van der Waals surface area contributed by atoms with Crippen LogP contribution in [-0.2, 0) is 14.4 Å². The van der Waals surface area contributed by atoms with Crippen LogP contribution in [0.3, 0.4) is 0 Å². The molecule has 9 nitrogen and oxygen atoms in total. The van der Waals surface area contributed by atoms with E-state index in [0.29, 0.717) is 5.56 Å². The molecule has 2 aliphatic heterocycles. The van der Waals surface area contributed by atoms with Crippen LogP contribution in [-0.4, -0.2) is 40.5 Å². The molecule has 3 rings (SSSR count). The van der Waals surface area contributed by atoms with Gasteiger partial charge in [0.15, 0.2) is 0 Å². The Balaban J connectivity index is 1.95. The molecule has 1 fully saturated rings. The van der Waals surface area contributed by atoms with Crippen molar-refractivity contribution in [2.24, 2.45) is 5.73 Å². The van der Waals surface area contributed by atoms with Gasteiger partial charge in [-0.15, -0.1) is 0 Å². The van der Waals surface area contributed by atoms with Gasteiger partial charge in [-0.05, 0) is 12.5 Å². The fourth-order valence-electron chi connectivity index (χ4n) is 3.15. The van der Waals surface area contributed by atoms with Crippen LogP contribution < -0.4 is 16.4 Å². The van der Waals surface area contributed by atoms with Gasteiger partial charge in [0.05, 0.1) is 11.1 Å². The zero-order valence-corrected chi connectivity index (χ0v) is 14.1. The van der Waals surface area contributed by atoms with Gasteiger partial charge in [0.25, 0.3) is 11.8 Å². The predicted molar refractivity (Wildman–Crippen MR) is 88.5 cm³/mol. The smallest absolute Gasteiger partial charge is 0.262 e. The van der Waals surface area contributed by atoms with Crippen LogP contribution in [0, 0.1) is 0 Å². The van der Waals surface area contributed by atoms with Crippen LogP contribution in [0.15, 0.2) is 18.2 Å². The van der Waals surface area contributed by atoms with Gasteiger partial charge < -0.3 is 11.1 Å². The molecule has 1 saturated heterocycles. The van der Waals surface area contributed by atoms with Crippen molar-refractivity contribution in [2.75, 3.05) is 0 Å². The third kappa shape index (κ3) is 2.86. The maximum Gasteiger partial charge on any atom is 0.262 e. The summed E-state index contributed by atoms with van der Waals surface area (Å²) in [7, 11) is 0. The lowest BCUT2D eigenvalue weighted by Gasteiger charge is -2.28.